The number of thioether (sulfide) groups is 1. The van der Waals surface area contributed by atoms with Gasteiger partial charge in [0.2, 0.25) is 0 Å². The summed E-state index contributed by atoms with van der Waals surface area (Å²) in [5, 5.41) is 0. The molecular formula is C7H17NS2. The van der Waals surface area contributed by atoms with Crippen LogP contribution in [0.5, 0.6) is 0 Å². The van der Waals surface area contributed by atoms with Crippen molar-refractivity contribution < 1.29 is 0 Å². The maximum Gasteiger partial charge on any atom is 0.00662 e. The van der Waals surface area contributed by atoms with Crippen molar-refractivity contribution in [3.05, 3.63) is 0 Å². The lowest BCUT2D eigenvalue weighted by atomic mass is 10.6. The molecule has 0 aromatic heterocycles. The summed E-state index contributed by atoms with van der Waals surface area (Å²) in [7, 11) is 4.22. The molecule has 0 heterocycles. The number of rotatable bonds is 6. The number of nitrogens with zero attached hydrogens (tertiary/aromatic N) is 1. The molecule has 0 aromatic rings. The van der Waals surface area contributed by atoms with Gasteiger partial charge in [-0.25, -0.2) is 0 Å². The molecule has 0 saturated carbocycles. The van der Waals surface area contributed by atoms with E-state index in [9.17, 15) is 0 Å². The Morgan fingerprint density at radius 3 is 2.50 bits per heavy atom. The van der Waals surface area contributed by atoms with Crippen LogP contribution in [0.3, 0.4) is 0 Å². The molecule has 0 radical (unpaired) electrons. The number of hydrogen-bond donors (Lipinski definition) is 1. The van der Waals surface area contributed by atoms with Crippen LogP contribution in [0.2, 0.25) is 0 Å². The van der Waals surface area contributed by atoms with Crippen LogP contribution in [-0.2, 0) is 0 Å². The van der Waals surface area contributed by atoms with E-state index in [1.54, 1.807) is 0 Å². The normalized spacial score (nSPS) is 10.8. The van der Waals surface area contributed by atoms with E-state index in [-0.39, 0.29) is 0 Å². The smallest absolute Gasteiger partial charge is 0.00662 e. The van der Waals surface area contributed by atoms with Crippen molar-refractivity contribution in [2.45, 2.75) is 6.42 Å². The van der Waals surface area contributed by atoms with Gasteiger partial charge < -0.3 is 4.90 Å². The third-order valence-electron chi connectivity index (χ3n) is 1.13. The first-order chi connectivity index (χ1) is 4.77. The average Bonchev–Trinajstić information content (AvgIpc) is 1.87. The maximum atomic E-state index is 4.14. The predicted molar refractivity (Wildman–Crippen MR) is 54.3 cm³/mol. The Balaban J connectivity index is 2.77. The Morgan fingerprint density at radius 2 is 2.00 bits per heavy atom. The van der Waals surface area contributed by atoms with Gasteiger partial charge in [0.25, 0.3) is 0 Å². The minimum absolute atomic E-state index is 1.02. The molecule has 1 nitrogen and oxygen atoms in total. The molecule has 62 valence electrons. The molecule has 0 rings (SSSR count). The molecule has 0 aliphatic rings. The van der Waals surface area contributed by atoms with Crippen LogP contribution in [0.15, 0.2) is 0 Å². The van der Waals surface area contributed by atoms with Gasteiger partial charge in [-0.2, -0.15) is 24.4 Å². The van der Waals surface area contributed by atoms with E-state index in [1.165, 1.54) is 24.5 Å². The minimum Gasteiger partial charge on any atom is -0.309 e. The van der Waals surface area contributed by atoms with Crippen molar-refractivity contribution in [3.8, 4) is 0 Å². The van der Waals surface area contributed by atoms with E-state index in [4.69, 9.17) is 0 Å². The lowest BCUT2D eigenvalue weighted by molar-refractivity contribution is 0.437. The van der Waals surface area contributed by atoms with Crippen molar-refractivity contribution >= 4 is 24.4 Å². The van der Waals surface area contributed by atoms with Gasteiger partial charge in [-0.1, -0.05) is 0 Å². The molecule has 0 N–H and O–H groups in total. The summed E-state index contributed by atoms with van der Waals surface area (Å²) in [5.41, 5.74) is 0. The summed E-state index contributed by atoms with van der Waals surface area (Å²) in [6.45, 7) is 1.19. The highest BCUT2D eigenvalue weighted by Gasteiger charge is 1.90. The molecule has 10 heavy (non-hydrogen) atoms. The Hall–Kier alpha value is 0.660. The SMILES string of the molecule is CN(C)CCSCCCS. The molecule has 0 saturated heterocycles. The first-order valence-corrected chi connectivity index (χ1v) is 5.39. The molecule has 0 aromatic carbocycles. The summed E-state index contributed by atoms with van der Waals surface area (Å²) in [5.74, 6) is 3.53. The van der Waals surface area contributed by atoms with Crippen molar-refractivity contribution in [2.24, 2.45) is 0 Å². The molecule has 3 heteroatoms. The van der Waals surface area contributed by atoms with Gasteiger partial charge in [-0.05, 0) is 32.0 Å². The molecule has 0 atom stereocenters. The average molecular weight is 179 g/mol. The van der Waals surface area contributed by atoms with Gasteiger partial charge in [-0.3, -0.25) is 0 Å². The Kier molecular flexibility index (Phi) is 8.28. The van der Waals surface area contributed by atoms with Crippen LogP contribution in [-0.4, -0.2) is 42.8 Å². The highest BCUT2D eigenvalue weighted by molar-refractivity contribution is 7.99. The van der Waals surface area contributed by atoms with Gasteiger partial charge >= 0.3 is 0 Å². The summed E-state index contributed by atoms with van der Waals surface area (Å²) >= 11 is 6.16. The van der Waals surface area contributed by atoms with Crippen molar-refractivity contribution in [2.75, 3.05) is 37.9 Å². The first kappa shape index (κ1) is 10.7. The molecular weight excluding hydrogens is 162 g/mol. The van der Waals surface area contributed by atoms with Crippen molar-refractivity contribution in [1.82, 2.24) is 4.90 Å². The molecule has 0 aliphatic carbocycles. The second-order valence-electron chi connectivity index (χ2n) is 2.49. The zero-order valence-electron chi connectivity index (χ0n) is 6.84. The minimum atomic E-state index is 1.02. The summed E-state index contributed by atoms with van der Waals surface area (Å²) in [6, 6.07) is 0. The molecule has 0 unspecified atom stereocenters. The Labute approximate surface area is 74.0 Å². The van der Waals surface area contributed by atoms with Crippen LogP contribution in [0.1, 0.15) is 6.42 Å². The standard InChI is InChI=1S/C7H17NS2/c1-8(2)4-7-10-6-3-5-9/h9H,3-7H2,1-2H3. The van der Waals surface area contributed by atoms with E-state index in [0.29, 0.717) is 0 Å². The summed E-state index contributed by atoms with van der Waals surface area (Å²) < 4.78 is 0. The van der Waals surface area contributed by atoms with Gasteiger partial charge in [0.1, 0.15) is 0 Å². The fraction of sp³-hybridized carbons (Fsp3) is 1.00. The zero-order valence-corrected chi connectivity index (χ0v) is 8.55. The molecule has 0 bridgehead atoms. The topological polar surface area (TPSA) is 3.24 Å². The third-order valence-corrected chi connectivity index (χ3v) is 2.49. The highest BCUT2D eigenvalue weighted by atomic mass is 32.2. The number of hydrogen-bond acceptors (Lipinski definition) is 3. The van der Waals surface area contributed by atoms with E-state index < -0.39 is 0 Å². The Morgan fingerprint density at radius 1 is 1.30 bits per heavy atom. The van der Waals surface area contributed by atoms with E-state index in [0.717, 1.165) is 5.75 Å². The summed E-state index contributed by atoms with van der Waals surface area (Å²) in [4.78, 5) is 2.22. The van der Waals surface area contributed by atoms with Crippen LogP contribution >= 0.6 is 24.4 Å². The van der Waals surface area contributed by atoms with Crippen LogP contribution in [0, 0.1) is 0 Å². The molecule has 0 aliphatic heterocycles. The quantitative estimate of drug-likeness (QED) is 0.487. The molecule has 0 fully saturated rings. The van der Waals surface area contributed by atoms with E-state index in [2.05, 4.69) is 31.6 Å². The monoisotopic (exact) mass is 179 g/mol. The van der Waals surface area contributed by atoms with Crippen LogP contribution < -0.4 is 0 Å². The second kappa shape index (κ2) is 7.76. The fourth-order valence-electron chi connectivity index (χ4n) is 0.516. The van der Waals surface area contributed by atoms with Gasteiger partial charge in [-0.15, -0.1) is 0 Å². The highest BCUT2D eigenvalue weighted by Crippen LogP contribution is 2.02. The lowest BCUT2D eigenvalue weighted by Gasteiger charge is -2.07. The van der Waals surface area contributed by atoms with Crippen molar-refractivity contribution in [1.29, 1.82) is 0 Å². The fourth-order valence-corrected chi connectivity index (χ4v) is 1.93. The third kappa shape index (κ3) is 8.66. The van der Waals surface area contributed by atoms with E-state index >= 15 is 0 Å². The lowest BCUT2D eigenvalue weighted by Crippen LogP contribution is -2.14. The van der Waals surface area contributed by atoms with Gasteiger partial charge in [0.05, 0.1) is 0 Å². The van der Waals surface area contributed by atoms with Crippen LogP contribution in [0.25, 0.3) is 0 Å². The maximum absolute atomic E-state index is 4.14. The summed E-state index contributed by atoms with van der Waals surface area (Å²) in [6.07, 6.45) is 1.24. The zero-order chi connectivity index (χ0) is 7.82. The first-order valence-electron chi connectivity index (χ1n) is 3.60. The largest absolute Gasteiger partial charge is 0.309 e. The second-order valence-corrected chi connectivity index (χ2v) is 4.16. The van der Waals surface area contributed by atoms with Gasteiger partial charge in [0.15, 0.2) is 0 Å². The number of thiol groups is 1. The van der Waals surface area contributed by atoms with Crippen molar-refractivity contribution in [3.63, 3.8) is 0 Å². The molecule has 0 spiro atoms. The predicted octanol–water partition coefficient (Wildman–Crippen LogP) is 1.60. The molecule has 0 amide bonds. The van der Waals surface area contributed by atoms with Crippen LogP contribution in [0.4, 0.5) is 0 Å². The van der Waals surface area contributed by atoms with Gasteiger partial charge in [0, 0.05) is 12.3 Å². The van der Waals surface area contributed by atoms with E-state index in [1.807, 2.05) is 11.8 Å². The Bertz CT molecular complexity index is 66.6.